The van der Waals surface area contributed by atoms with Gasteiger partial charge in [0.1, 0.15) is 0 Å². The molecule has 1 nitrogen and oxygen atoms in total. The highest BCUT2D eigenvalue weighted by molar-refractivity contribution is 5.59. The van der Waals surface area contributed by atoms with Gasteiger partial charge in [-0.1, -0.05) is 23.8 Å². The highest BCUT2D eigenvalue weighted by atomic mass is 14.6. The number of rotatable bonds is 1. The number of benzene rings is 1. The van der Waals surface area contributed by atoms with Crippen molar-refractivity contribution >= 4 is 6.08 Å². The number of hydrogen-bond donors (Lipinski definition) is 0. The topological polar surface area (TPSA) is 4.36 Å². The van der Waals surface area contributed by atoms with Crippen LogP contribution in [0, 0.1) is 27.3 Å². The minimum atomic E-state index is 1.17. The summed E-state index contributed by atoms with van der Waals surface area (Å²) in [4.78, 5) is 3.21. The summed E-state index contributed by atoms with van der Waals surface area (Å²) in [6, 6.07) is 4.27. The van der Waals surface area contributed by atoms with E-state index in [0.717, 1.165) is 0 Å². The van der Waals surface area contributed by atoms with Gasteiger partial charge in [0.2, 0.25) is 0 Å². The molecule has 1 aromatic rings. The molecule has 66 valence electrons. The molecule has 0 saturated carbocycles. The van der Waals surface area contributed by atoms with Crippen LogP contribution in [0.2, 0.25) is 0 Å². The Balaban J connectivity index is 3.22. The van der Waals surface area contributed by atoms with E-state index in [0.29, 0.717) is 0 Å². The average Bonchev–Trinajstić information content (AvgIpc) is 2.02. The highest BCUT2D eigenvalue weighted by Gasteiger charge is 1.98. The summed E-state index contributed by atoms with van der Waals surface area (Å²) in [7, 11) is 0. The first-order valence-electron chi connectivity index (χ1n) is 4.26. The molecule has 0 heterocycles. The summed E-state index contributed by atoms with van der Waals surface area (Å²) in [5.41, 5.74) is 4.91. The van der Waals surface area contributed by atoms with Crippen LogP contribution in [0.3, 0.4) is 0 Å². The summed E-state index contributed by atoms with van der Waals surface area (Å²) in [6.45, 7) is 12.9. The molecule has 0 bridgehead atoms. The van der Waals surface area contributed by atoms with Gasteiger partial charge < -0.3 is 0 Å². The zero-order valence-corrected chi connectivity index (χ0v) is 8.26. The minimum absolute atomic E-state index is 1.17. The van der Waals surface area contributed by atoms with E-state index >= 15 is 0 Å². The summed E-state index contributed by atoms with van der Waals surface area (Å²) in [5.74, 6) is 0. The molecule has 1 heteroatoms. The van der Waals surface area contributed by atoms with Crippen LogP contribution < -0.4 is 0 Å². The van der Waals surface area contributed by atoms with E-state index in [1.807, 2.05) is 6.08 Å². The number of aryl methyl sites for hydroxylation is 3. The molecule has 0 aliphatic heterocycles. The predicted molar refractivity (Wildman–Crippen MR) is 56.3 cm³/mol. The zero-order chi connectivity index (χ0) is 9.84. The van der Waals surface area contributed by atoms with Gasteiger partial charge in [-0.25, -0.2) is 4.85 Å². The molecule has 0 amide bonds. The Kier molecular flexibility index (Phi) is 2.87. The molecule has 0 aliphatic carbocycles. The third-order valence-electron chi connectivity index (χ3n) is 2.05. The van der Waals surface area contributed by atoms with E-state index in [9.17, 15) is 0 Å². The van der Waals surface area contributed by atoms with Crippen LogP contribution >= 0.6 is 0 Å². The van der Waals surface area contributed by atoms with Crippen LogP contribution in [-0.4, -0.2) is 0 Å². The molecule has 13 heavy (non-hydrogen) atoms. The van der Waals surface area contributed by atoms with Crippen LogP contribution in [-0.2, 0) is 0 Å². The lowest BCUT2D eigenvalue weighted by Gasteiger charge is -2.06. The predicted octanol–water partition coefficient (Wildman–Crippen LogP) is 3.50. The monoisotopic (exact) mass is 171 g/mol. The second-order valence-electron chi connectivity index (χ2n) is 3.26. The van der Waals surface area contributed by atoms with E-state index in [1.165, 1.54) is 28.5 Å². The Labute approximate surface area is 79.5 Å². The van der Waals surface area contributed by atoms with Crippen molar-refractivity contribution in [2.45, 2.75) is 20.8 Å². The van der Waals surface area contributed by atoms with Gasteiger partial charge in [-0.3, -0.25) is 0 Å². The average molecular weight is 171 g/mol. The van der Waals surface area contributed by atoms with Gasteiger partial charge in [-0.05, 0) is 37.5 Å². The standard InChI is InChI=1S/C12H13N/c1-9-7-10(2)12(5-6-13-4)11(3)8-9/h5-8H,1-3H3/b6-5+. The molecule has 0 radical (unpaired) electrons. The van der Waals surface area contributed by atoms with Crippen molar-refractivity contribution in [3.8, 4) is 0 Å². The smallest absolute Gasteiger partial charge is 0.154 e. The largest absolute Gasteiger partial charge is 0.246 e. The van der Waals surface area contributed by atoms with Gasteiger partial charge in [0, 0.05) is 0 Å². The van der Waals surface area contributed by atoms with Crippen LogP contribution in [0.1, 0.15) is 22.3 Å². The van der Waals surface area contributed by atoms with Gasteiger partial charge >= 0.3 is 0 Å². The van der Waals surface area contributed by atoms with Crippen LogP contribution in [0.5, 0.6) is 0 Å². The molecule has 0 fully saturated rings. The highest BCUT2D eigenvalue weighted by Crippen LogP contribution is 2.17. The van der Waals surface area contributed by atoms with E-state index < -0.39 is 0 Å². The Hall–Kier alpha value is -1.55. The quantitative estimate of drug-likeness (QED) is 0.569. The molecule has 0 N–H and O–H groups in total. The lowest BCUT2D eigenvalue weighted by molar-refractivity contribution is 1.30. The van der Waals surface area contributed by atoms with E-state index in [2.05, 4.69) is 37.7 Å². The summed E-state index contributed by atoms with van der Waals surface area (Å²) in [5, 5.41) is 0. The Morgan fingerprint density at radius 1 is 1.15 bits per heavy atom. The van der Waals surface area contributed by atoms with E-state index in [-0.39, 0.29) is 0 Å². The van der Waals surface area contributed by atoms with E-state index in [1.54, 1.807) is 0 Å². The third-order valence-corrected chi connectivity index (χ3v) is 2.05. The first-order valence-corrected chi connectivity index (χ1v) is 4.26. The molecule has 0 saturated heterocycles. The lowest BCUT2D eigenvalue weighted by atomic mass is 10.00. The van der Waals surface area contributed by atoms with Crippen molar-refractivity contribution in [3.63, 3.8) is 0 Å². The summed E-state index contributed by atoms with van der Waals surface area (Å²) in [6.07, 6.45) is 3.38. The van der Waals surface area contributed by atoms with Gasteiger partial charge in [0.05, 0.1) is 6.57 Å². The fraction of sp³-hybridized carbons (Fsp3) is 0.250. The number of nitrogens with zero attached hydrogens (tertiary/aromatic N) is 1. The Bertz CT molecular complexity index is 358. The van der Waals surface area contributed by atoms with Crippen LogP contribution in [0.25, 0.3) is 10.9 Å². The molecular formula is C12H13N. The molecule has 0 atom stereocenters. The van der Waals surface area contributed by atoms with Crippen molar-refractivity contribution in [1.29, 1.82) is 0 Å². The molecule has 1 rings (SSSR count). The minimum Gasteiger partial charge on any atom is -0.246 e. The van der Waals surface area contributed by atoms with Gasteiger partial charge in [-0.2, -0.15) is 0 Å². The number of hydrogen-bond acceptors (Lipinski definition) is 0. The molecule has 0 spiro atoms. The van der Waals surface area contributed by atoms with Crippen molar-refractivity contribution in [2.24, 2.45) is 0 Å². The summed E-state index contributed by atoms with van der Waals surface area (Å²) < 4.78 is 0. The fourth-order valence-electron chi connectivity index (χ4n) is 1.57. The Morgan fingerprint density at radius 2 is 1.69 bits per heavy atom. The van der Waals surface area contributed by atoms with Crippen LogP contribution in [0.15, 0.2) is 18.3 Å². The second-order valence-corrected chi connectivity index (χ2v) is 3.26. The first kappa shape index (κ1) is 9.54. The third kappa shape index (κ3) is 2.19. The van der Waals surface area contributed by atoms with Crippen molar-refractivity contribution in [1.82, 2.24) is 0 Å². The SMILES string of the molecule is [C-]#[N+]/C=C/c1c(C)cc(C)cc1C. The molecule has 0 aliphatic rings. The maximum Gasteiger partial charge on any atom is 0.154 e. The molecule has 0 unspecified atom stereocenters. The molecular weight excluding hydrogens is 158 g/mol. The normalized spacial score (nSPS) is 10.3. The van der Waals surface area contributed by atoms with E-state index in [4.69, 9.17) is 6.57 Å². The van der Waals surface area contributed by atoms with Crippen molar-refractivity contribution < 1.29 is 0 Å². The lowest BCUT2D eigenvalue weighted by Crippen LogP contribution is -1.87. The zero-order valence-electron chi connectivity index (χ0n) is 8.26. The second kappa shape index (κ2) is 3.91. The van der Waals surface area contributed by atoms with Crippen molar-refractivity contribution in [3.05, 3.63) is 52.0 Å². The first-order chi connectivity index (χ1) is 6.15. The van der Waals surface area contributed by atoms with Gasteiger partial charge in [0.25, 0.3) is 0 Å². The Morgan fingerprint density at radius 3 is 2.15 bits per heavy atom. The maximum atomic E-state index is 6.67. The fourth-order valence-corrected chi connectivity index (χ4v) is 1.57. The molecule has 0 aromatic heterocycles. The van der Waals surface area contributed by atoms with Crippen LogP contribution in [0.4, 0.5) is 0 Å². The maximum absolute atomic E-state index is 6.67. The van der Waals surface area contributed by atoms with Crippen molar-refractivity contribution in [2.75, 3.05) is 0 Å². The van der Waals surface area contributed by atoms with Gasteiger partial charge in [-0.15, -0.1) is 0 Å². The molecule has 1 aromatic carbocycles. The summed E-state index contributed by atoms with van der Waals surface area (Å²) >= 11 is 0. The van der Waals surface area contributed by atoms with Gasteiger partial charge in [0.15, 0.2) is 6.20 Å².